The predicted molar refractivity (Wildman–Crippen MR) is 112 cm³/mol. The summed E-state index contributed by atoms with van der Waals surface area (Å²) in [4.78, 5) is 18.8. The average Bonchev–Trinajstić information content (AvgIpc) is 2.75. The van der Waals surface area contributed by atoms with E-state index in [1.54, 1.807) is 12.1 Å². The number of aliphatic imine (C=N–C) groups is 1. The third kappa shape index (κ3) is 4.08. The highest BCUT2D eigenvalue weighted by atomic mass is 19.1. The van der Waals surface area contributed by atoms with Gasteiger partial charge in [0.15, 0.2) is 0 Å². The molecule has 1 aliphatic heterocycles. The zero-order valence-electron chi connectivity index (χ0n) is 16.2. The lowest BCUT2D eigenvalue weighted by Gasteiger charge is -2.26. The molecule has 3 aromatic rings. The lowest BCUT2D eigenvalue weighted by atomic mass is 9.99. The van der Waals surface area contributed by atoms with E-state index < -0.39 is 5.82 Å². The van der Waals surface area contributed by atoms with Gasteiger partial charge in [-0.15, -0.1) is 0 Å². The van der Waals surface area contributed by atoms with Crippen molar-refractivity contribution in [1.29, 1.82) is 0 Å². The number of halogens is 2. The number of phenolic OH excluding ortho intramolecular Hbond substituents is 1. The molecule has 1 aliphatic rings. The number of nitrogens with zero attached hydrogens (tertiary/aromatic N) is 2. The molecule has 0 radical (unpaired) electrons. The first-order chi connectivity index (χ1) is 14.5. The monoisotopic (exact) mass is 406 g/mol. The number of hydrogen-bond donors (Lipinski definition) is 1. The summed E-state index contributed by atoms with van der Waals surface area (Å²) in [5.41, 5.74) is 2.20. The van der Waals surface area contributed by atoms with Crippen LogP contribution in [0.2, 0.25) is 0 Å². The van der Waals surface area contributed by atoms with Gasteiger partial charge in [0.1, 0.15) is 17.4 Å². The van der Waals surface area contributed by atoms with E-state index in [0.717, 1.165) is 11.6 Å². The molecular weight excluding hydrogens is 386 g/mol. The van der Waals surface area contributed by atoms with Crippen molar-refractivity contribution in [2.75, 3.05) is 11.4 Å². The van der Waals surface area contributed by atoms with Crippen molar-refractivity contribution in [1.82, 2.24) is 0 Å². The van der Waals surface area contributed by atoms with Crippen LogP contribution < -0.4 is 4.90 Å². The molecule has 0 aromatic heterocycles. The second kappa shape index (κ2) is 8.45. The smallest absolute Gasteiger partial charge is 0.227 e. The fourth-order valence-electron chi connectivity index (χ4n) is 3.54. The van der Waals surface area contributed by atoms with E-state index >= 15 is 0 Å². The van der Waals surface area contributed by atoms with Gasteiger partial charge in [-0.2, -0.15) is 0 Å². The van der Waals surface area contributed by atoms with Gasteiger partial charge in [0.05, 0.1) is 17.9 Å². The van der Waals surface area contributed by atoms with Gasteiger partial charge in [0.25, 0.3) is 0 Å². The van der Waals surface area contributed by atoms with Crippen molar-refractivity contribution in [3.8, 4) is 5.75 Å². The number of carbonyl (C=O) groups excluding carboxylic acids is 1. The van der Waals surface area contributed by atoms with E-state index in [2.05, 4.69) is 4.99 Å². The number of carbonyl (C=O) groups is 1. The maximum Gasteiger partial charge on any atom is 0.227 e. The molecule has 0 saturated heterocycles. The molecule has 0 unspecified atom stereocenters. The molecule has 1 amide bonds. The summed E-state index contributed by atoms with van der Waals surface area (Å²) < 4.78 is 27.9. The summed E-state index contributed by atoms with van der Waals surface area (Å²) in [5, 5.41) is 11.0. The Labute approximate surface area is 173 Å². The number of phenols is 1. The van der Waals surface area contributed by atoms with E-state index in [1.165, 1.54) is 23.1 Å². The number of benzene rings is 3. The second-order valence-electron chi connectivity index (χ2n) is 7.13. The maximum absolute atomic E-state index is 14.6. The van der Waals surface area contributed by atoms with E-state index in [4.69, 9.17) is 0 Å². The van der Waals surface area contributed by atoms with Crippen molar-refractivity contribution in [2.45, 2.75) is 19.4 Å². The fourth-order valence-corrected chi connectivity index (χ4v) is 3.54. The average molecular weight is 406 g/mol. The minimum atomic E-state index is -0.584. The molecule has 1 N–H and O–H groups in total. The first-order valence-electron chi connectivity index (χ1n) is 9.70. The molecule has 0 atom stereocenters. The van der Waals surface area contributed by atoms with E-state index in [1.807, 2.05) is 30.3 Å². The largest absolute Gasteiger partial charge is 0.505 e. The number of anilines is 1. The normalized spacial score (nSPS) is 14.4. The minimum Gasteiger partial charge on any atom is -0.505 e. The molecule has 1 heterocycles. The lowest BCUT2D eigenvalue weighted by Crippen LogP contribution is -2.31. The van der Waals surface area contributed by atoms with Crippen molar-refractivity contribution in [3.05, 3.63) is 95.1 Å². The van der Waals surface area contributed by atoms with Gasteiger partial charge in [-0.1, -0.05) is 42.5 Å². The molecular formula is C24H20F2N2O2. The van der Waals surface area contributed by atoms with Crippen molar-refractivity contribution < 1.29 is 18.7 Å². The van der Waals surface area contributed by atoms with Crippen LogP contribution in [0.15, 0.2) is 71.7 Å². The Bertz CT molecular complexity index is 1100. The third-order valence-electron chi connectivity index (χ3n) is 5.02. The molecule has 2 bridgehead atoms. The van der Waals surface area contributed by atoms with Crippen LogP contribution in [0.5, 0.6) is 5.75 Å². The molecule has 0 fully saturated rings. The van der Waals surface area contributed by atoms with Crippen LogP contribution in [0.4, 0.5) is 14.5 Å². The number of fused-ring (bicyclic) bond motifs is 2. The topological polar surface area (TPSA) is 52.9 Å². The predicted octanol–water partition coefficient (Wildman–Crippen LogP) is 4.83. The quantitative estimate of drug-likeness (QED) is 0.677. The minimum absolute atomic E-state index is 0.0739. The summed E-state index contributed by atoms with van der Waals surface area (Å²) >= 11 is 0. The highest BCUT2D eigenvalue weighted by Crippen LogP contribution is 2.36. The molecule has 3 aromatic carbocycles. The Balaban J connectivity index is 1.84. The van der Waals surface area contributed by atoms with E-state index in [-0.39, 0.29) is 41.7 Å². The number of aromatic hydroxyl groups is 1. The molecule has 6 heteroatoms. The van der Waals surface area contributed by atoms with Gasteiger partial charge < -0.3 is 10.0 Å². The highest BCUT2D eigenvalue weighted by molar-refractivity contribution is 6.15. The highest BCUT2D eigenvalue weighted by Gasteiger charge is 2.25. The maximum atomic E-state index is 14.6. The van der Waals surface area contributed by atoms with Gasteiger partial charge in [-0.3, -0.25) is 9.79 Å². The lowest BCUT2D eigenvalue weighted by molar-refractivity contribution is -0.118. The Morgan fingerprint density at radius 1 is 0.967 bits per heavy atom. The Kier molecular flexibility index (Phi) is 5.57. The third-order valence-corrected chi connectivity index (χ3v) is 5.02. The SMILES string of the molecule is O=C1CCCN=C(c2ccccc2)c2cc(F)cc(c2O)N1Cc1ccc(F)cc1. The molecule has 0 saturated carbocycles. The van der Waals surface area contributed by atoms with E-state index in [9.17, 15) is 18.7 Å². The van der Waals surface area contributed by atoms with Crippen LogP contribution in [-0.4, -0.2) is 23.3 Å². The van der Waals surface area contributed by atoms with Crippen LogP contribution in [0.3, 0.4) is 0 Å². The molecule has 30 heavy (non-hydrogen) atoms. The molecule has 4 rings (SSSR count). The summed E-state index contributed by atoms with van der Waals surface area (Å²) in [5.74, 6) is -1.44. The Morgan fingerprint density at radius 2 is 1.70 bits per heavy atom. The summed E-state index contributed by atoms with van der Waals surface area (Å²) in [6.07, 6.45) is 0.709. The number of rotatable bonds is 3. The summed E-state index contributed by atoms with van der Waals surface area (Å²) in [6, 6.07) is 17.4. The van der Waals surface area contributed by atoms with E-state index in [0.29, 0.717) is 24.2 Å². The molecule has 0 spiro atoms. The first-order valence-corrected chi connectivity index (χ1v) is 9.70. The Morgan fingerprint density at radius 3 is 2.43 bits per heavy atom. The van der Waals surface area contributed by atoms with Crippen molar-refractivity contribution in [3.63, 3.8) is 0 Å². The molecule has 4 nitrogen and oxygen atoms in total. The summed E-state index contributed by atoms with van der Waals surface area (Å²) in [6.45, 7) is 0.457. The number of hydrogen-bond acceptors (Lipinski definition) is 3. The van der Waals surface area contributed by atoms with Crippen LogP contribution in [-0.2, 0) is 11.3 Å². The van der Waals surface area contributed by atoms with Crippen LogP contribution in [0, 0.1) is 11.6 Å². The first kappa shape index (κ1) is 19.8. The zero-order chi connectivity index (χ0) is 21.1. The van der Waals surface area contributed by atoms with Crippen LogP contribution in [0.25, 0.3) is 0 Å². The van der Waals surface area contributed by atoms with Gasteiger partial charge in [-0.25, -0.2) is 8.78 Å². The standard InChI is InChI=1S/C24H20F2N2O2/c25-18-10-8-16(9-11-18)15-28-21-14-19(26)13-20(24(21)30)23(17-5-2-1-3-6-17)27-12-4-7-22(28)29/h1-3,5-6,8-11,13-14,30H,4,7,12,15H2. The second-order valence-corrected chi connectivity index (χ2v) is 7.13. The van der Waals surface area contributed by atoms with Crippen molar-refractivity contribution >= 4 is 17.3 Å². The van der Waals surface area contributed by atoms with Gasteiger partial charge >= 0.3 is 0 Å². The Hall–Kier alpha value is -3.54. The molecule has 152 valence electrons. The summed E-state index contributed by atoms with van der Waals surface area (Å²) in [7, 11) is 0. The van der Waals surface area contributed by atoms with Gasteiger partial charge in [0, 0.05) is 30.2 Å². The fraction of sp³-hybridized carbons (Fsp3) is 0.167. The van der Waals surface area contributed by atoms with Crippen LogP contribution >= 0.6 is 0 Å². The van der Waals surface area contributed by atoms with Crippen LogP contribution in [0.1, 0.15) is 29.5 Å². The zero-order valence-corrected chi connectivity index (χ0v) is 16.2. The number of amides is 1. The molecule has 0 aliphatic carbocycles. The van der Waals surface area contributed by atoms with Gasteiger partial charge in [0.2, 0.25) is 5.91 Å². The van der Waals surface area contributed by atoms with Gasteiger partial charge in [-0.05, 0) is 30.2 Å². The van der Waals surface area contributed by atoms with Crippen molar-refractivity contribution in [2.24, 2.45) is 4.99 Å².